The monoisotopic (exact) mass is 588 g/mol. The van der Waals surface area contributed by atoms with E-state index in [4.69, 9.17) is 21.1 Å². The second-order valence-electron chi connectivity index (χ2n) is 10.7. The van der Waals surface area contributed by atoms with Crippen molar-refractivity contribution in [2.75, 3.05) is 55.2 Å². The maximum atomic E-state index is 13.5. The number of carbonyl (C=O) groups is 2. The molecule has 10 nitrogen and oxygen atoms in total. The third-order valence-electron chi connectivity index (χ3n) is 7.70. The number of aryl methyl sites for hydroxylation is 1. The molecule has 2 N–H and O–H groups in total. The summed E-state index contributed by atoms with van der Waals surface area (Å²) in [5.41, 5.74) is 8.05. The smallest absolute Gasteiger partial charge is 0.257 e. The normalized spacial score (nSPS) is 16.8. The second kappa shape index (κ2) is 12.0. The van der Waals surface area contributed by atoms with E-state index in [2.05, 4.69) is 38.7 Å². The van der Waals surface area contributed by atoms with E-state index in [1.807, 2.05) is 41.4 Å². The maximum Gasteiger partial charge on any atom is 0.257 e. The van der Waals surface area contributed by atoms with Crippen molar-refractivity contribution in [3.8, 4) is 11.5 Å². The highest BCUT2D eigenvalue weighted by atomic mass is 35.5. The number of fused-ring (bicyclic) bond motifs is 2. The SMILES string of the molecule is CC(C=O)NN(C1=CCCc2ccc(NC(=O)c3cc(N4CCN(C)CC4)ncc3Cl)cc21)c1ccc2c(c1)OCO2. The van der Waals surface area contributed by atoms with Crippen LogP contribution in [0.3, 0.4) is 0 Å². The van der Waals surface area contributed by atoms with E-state index in [9.17, 15) is 9.59 Å². The maximum absolute atomic E-state index is 13.5. The van der Waals surface area contributed by atoms with Gasteiger partial charge < -0.3 is 29.4 Å². The summed E-state index contributed by atoms with van der Waals surface area (Å²) in [7, 11) is 2.10. The van der Waals surface area contributed by atoms with Crippen molar-refractivity contribution in [3.05, 3.63) is 76.5 Å². The molecule has 1 atom stereocenters. The van der Waals surface area contributed by atoms with Crippen molar-refractivity contribution >= 4 is 46.7 Å². The summed E-state index contributed by atoms with van der Waals surface area (Å²) in [6.45, 7) is 5.50. The molecule has 11 heteroatoms. The number of nitrogens with zero attached hydrogens (tertiary/aromatic N) is 4. The molecule has 1 amide bonds. The van der Waals surface area contributed by atoms with Crippen LogP contribution >= 0.6 is 11.6 Å². The lowest BCUT2D eigenvalue weighted by molar-refractivity contribution is -0.109. The average molecular weight is 589 g/mol. The molecular formula is C31H33ClN6O4. The lowest BCUT2D eigenvalue weighted by Gasteiger charge is -2.33. The van der Waals surface area contributed by atoms with Gasteiger partial charge in [0.05, 0.1) is 28.0 Å². The minimum absolute atomic E-state index is 0.171. The van der Waals surface area contributed by atoms with Gasteiger partial charge in [-0.2, -0.15) is 0 Å². The number of amides is 1. The Hall–Kier alpha value is -4.12. The number of allylic oxidation sites excluding steroid dienone is 1. The fraction of sp³-hybridized carbons (Fsp3) is 0.323. The van der Waals surface area contributed by atoms with Gasteiger partial charge in [-0.25, -0.2) is 10.4 Å². The van der Waals surface area contributed by atoms with Crippen molar-refractivity contribution in [1.29, 1.82) is 0 Å². The molecule has 0 saturated carbocycles. The van der Waals surface area contributed by atoms with Gasteiger partial charge in [0.1, 0.15) is 12.1 Å². The van der Waals surface area contributed by atoms with Crippen molar-refractivity contribution in [1.82, 2.24) is 15.3 Å². The molecule has 42 heavy (non-hydrogen) atoms. The number of nitrogens with one attached hydrogen (secondary N) is 2. The van der Waals surface area contributed by atoms with E-state index in [0.29, 0.717) is 27.8 Å². The standard InChI is InChI=1S/C31H33ClN6O4/c1-20(18-39)35-38(23-8-9-28-29(15-23)42-19-41-28)27-5-3-4-21-6-7-22(14-24(21)27)34-31(40)25-16-30(33-17-26(25)32)37-12-10-36(2)11-13-37/h5-9,14-18,20,35H,3-4,10-13,19H2,1-2H3,(H,34,40). The number of aldehydes is 1. The number of halogens is 1. The molecule has 2 aromatic carbocycles. The number of benzene rings is 2. The first-order valence-corrected chi connectivity index (χ1v) is 14.4. The average Bonchev–Trinajstić information content (AvgIpc) is 3.48. The Bertz CT molecular complexity index is 1540. The van der Waals surface area contributed by atoms with Gasteiger partial charge in [0, 0.05) is 49.7 Å². The number of pyridine rings is 1. The molecule has 0 bridgehead atoms. The van der Waals surface area contributed by atoms with Crippen LogP contribution in [0.2, 0.25) is 5.02 Å². The Balaban J connectivity index is 1.28. The summed E-state index contributed by atoms with van der Waals surface area (Å²) >= 11 is 6.45. The summed E-state index contributed by atoms with van der Waals surface area (Å²) in [6, 6.07) is 12.9. The molecule has 3 aromatic rings. The van der Waals surface area contributed by atoms with Crippen LogP contribution in [-0.2, 0) is 11.2 Å². The fourth-order valence-electron chi connectivity index (χ4n) is 5.35. The number of hydrogen-bond acceptors (Lipinski definition) is 9. The molecular weight excluding hydrogens is 556 g/mol. The molecule has 1 unspecified atom stereocenters. The van der Waals surface area contributed by atoms with Crippen LogP contribution in [-0.4, -0.2) is 68.1 Å². The van der Waals surface area contributed by atoms with Gasteiger partial charge in [-0.05, 0) is 62.7 Å². The van der Waals surface area contributed by atoms with Gasteiger partial charge in [0.15, 0.2) is 11.5 Å². The highest BCUT2D eigenvalue weighted by Crippen LogP contribution is 2.39. The Kier molecular flexibility index (Phi) is 8.01. The topological polar surface area (TPSA) is 99.3 Å². The number of aromatic nitrogens is 1. The van der Waals surface area contributed by atoms with Gasteiger partial charge in [0.25, 0.3) is 5.91 Å². The van der Waals surface area contributed by atoms with Crippen molar-refractivity contribution < 1.29 is 19.1 Å². The number of carbonyl (C=O) groups excluding carboxylic acids is 2. The molecule has 6 rings (SSSR count). The summed E-state index contributed by atoms with van der Waals surface area (Å²) < 4.78 is 11.1. The van der Waals surface area contributed by atoms with Crippen molar-refractivity contribution in [3.63, 3.8) is 0 Å². The lowest BCUT2D eigenvalue weighted by atomic mass is 9.93. The van der Waals surface area contributed by atoms with Crippen LogP contribution in [0, 0.1) is 0 Å². The van der Waals surface area contributed by atoms with Gasteiger partial charge in [-0.3, -0.25) is 9.80 Å². The van der Waals surface area contributed by atoms with E-state index in [0.717, 1.165) is 73.6 Å². The summed E-state index contributed by atoms with van der Waals surface area (Å²) in [5, 5.41) is 5.23. The lowest BCUT2D eigenvalue weighted by Crippen LogP contribution is -2.44. The second-order valence-corrected chi connectivity index (χ2v) is 11.1. The first-order valence-electron chi connectivity index (χ1n) is 14.0. The number of rotatable bonds is 8. The van der Waals surface area contributed by atoms with Crippen molar-refractivity contribution in [2.24, 2.45) is 0 Å². The van der Waals surface area contributed by atoms with Gasteiger partial charge in [-0.1, -0.05) is 23.7 Å². The van der Waals surface area contributed by atoms with Crippen LogP contribution in [0.1, 0.15) is 34.8 Å². The zero-order valence-electron chi connectivity index (χ0n) is 23.6. The van der Waals surface area contributed by atoms with Crippen LogP contribution in [0.25, 0.3) is 5.70 Å². The molecule has 1 aliphatic carbocycles. The quantitative estimate of drug-likeness (QED) is 0.294. The molecule has 1 fully saturated rings. The Morgan fingerprint density at radius 1 is 1.10 bits per heavy atom. The molecule has 1 aromatic heterocycles. The zero-order chi connectivity index (χ0) is 29.2. The zero-order valence-corrected chi connectivity index (χ0v) is 24.4. The number of likely N-dealkylation sites (N-methyl/N-ethyl adjacent to an activating group) is 1. The number of hydrogen-bond donors (Lipinski definition) is 2. The predicted molar refractivity (Wildman–Crippen MR) is 163 cm³/mol. The van der Waals surface area contributed by atoms with Gasteiger partial charge in [0.2, 0.25) is 6.79 Å². The fourth-order valence-corrected chi connectivity index (χ4v) is 5.54. The molecule has 0 radical (unpaired) electrons. The molecule has 0 spiro atoms. The predicted octanol–water partition coefficient (Wildman–Crippen LogP) is 4.35. The largest absolute Gasteiger partial charge is 0.454 e. The van der Waals surface area contributed by atoms with E-state index < -0.39 is 6.04 Å². The molecule has 2 aliphatic heterocycles. The third-order valence-corrected chi connectivity index (χ3v) is 8.00. The summed E-state index contributed by atoms with van der Waals surface area (Å²) in [6.07, 6.45) is 6.21. The van der Waals surface area contributed by atoms with Crippen LogP contribution in [0.4, 0.5) is 17.2 Å². The van der Waals surface area contributed by atoms with E-state index in [1.54, 1.807) is 19.2 Å². The van der Waals surface area contributed by atoms with E-state index >= 15 is 0 Å². The first-order chi connectivity index (χ1) is 20.4. The highest BCUT2D eigenvalue weighted by Gasteiger charge is 2.25. The number of piperazine rings is 1. The molecule has 3 heterocycles. The first kappa shape index (κ1) is 28.0. The number of ether oxygens (including phenoxy) is 2. The molecule has 218 valence electrons. The Morgan fingerprint density at radius 3 is 2.71 bits per heavy atom. The minimum Gasteiger partial charge on any atom is -0.454 e. The highest BCUT2D eigenvalue weighted by molar-refractivity contribution is 6.34. The van der Waals surface area contributed by atoms with E-state index in [1.165, 1.54) is 0 Å². The minimum atomic E-state index is -0.451. The Labute approximate surface area is 249 Å². The Morgan fingerprint density at radius 2 is 1.90 bits per heavy atom. The van der Waals surface area contributed by atoms with Gasteiger partial charge >= 0.3 is 0 Å². The number of anilines is 3. The number of hydrazine groups is 1. The molecule has 1 saturated heterocycles. The van der Waals surface area contributed by atoms with Crippen molar-refractivity contribution in [2.45, 2.75) is 25.8 Å². The van der Waals surface area contributed by atoms with Crippen LogP contribution in [0.5, 0.6) is 11.5 Å². The van der Waals surface area contributed by atoms with Crippen LogP contribution < -0.4 is 30.1 Å². The summed E-state index contributed by atoms with van der Waals surface area (Å²) in [5.74, 6) is 1.75. The summed E-state index contributed by atoms with van der Waals surface area (Å²) in [4.78, 5) is 34.0. The third kappa shape index (κ3) is 5.78. The van der Waals surface area contributed by atoms with Crippen LogP contribution in [0.15, 0.2) is 54.7 Å². The molecule has 3 aliphatic rings. The van der Waals surface area contributed by atoms with Gasteiger partial charge in [-0.15, -0.1) is 0 Å². The van der Waals surface area contributed by atoms with E-state index in [-0.39, 0.29) is 12.7 Å².